The third kappa shape index (κ3) is 3.33. The van der Waals surface area contributed by atoms with Crippen LogP contribution in [0.2, 0.25) is 0 Å². The van der Waals surface area contributed by atoms with Gasteiger partial charge >= 0.3 is 5.97 Å². The molecule has 0 bridgehead atoms. The Morgan fingerprint density at radius 2 is 1.35 bits per heavy atom. The summed E-state index contributed by atoms with van der Waals surface area (Å²) in [5.74, 6) is -2.76. The molecule has 0 N–H and O–H groups in total. The number of carbonyl (C=O) groups is 3. The molecule has 3 heterocycles. The van der Waals surface area contributed by atoms with Gasteiger partial charge in [-0.3, -0.25) is 14.4 Å². The van der Waals surface area contributed by atoms with E-state index < -0.39 is 35.5 Å². The van der Waals surface area contributed by atoms with E-state index >= 15 is 0 Å². The van der Waals surface area contributed by atoms with Crippen LogP contribution < -0.4 is 19.1 Å². The molecular formula is C36H23NO6. The molecule has 4 atom stereocenters. The minimum absolute atomic E-state index is 0.121. The van der Waals surface area contributed by atoms with Crippen molar-refractivity contribution in [2.75, 3.05) is 11.7 Å². The molecule has 0 saturated carbocycles. The predicted molar refractivity (Wildman–Crippen MR) is 160 cm³/mol. The molecule has 1 aliphatic carbocycles. The number of esters is 1. The Hall–Kier alpha value is -5.43. The summed E-state index contributed by atoms with van der Waals surface area (Å²) < 4.78 is 17.1. The normalized spacial score (nSPS) is 23.6. The van der Waals surface area contributed by atoms with Crippen LogP contribution in [-0.2, 0) is 14.4 Å². The van der Waals surface area contributed by atoms with E-state index in [2.05, 4.69) is 0 Å². The summed E-state index contributed by atoms with van der Waals surface area (Å²) in [6.45, 7) is 0.121. The molecule has 1 saturated heterocycles. The highest BCUT2D eigenvalue weighted by molar-refractivity contribution is 6.27. The fourth-order valence-corrected chi connectivity index (χ4v) is 7.42. The minimum Gasteiger partial charge on any atom is -0.454 e. The van der Waals surface area contributed by atoms with E-state index in [-0.39, 0.29) is 12.7 Å². The SMILES string of the molecule is O=C1Oc2ccc3ccccc3c2C2=C[C@H](c3ccc4c(c3)OCO4)[C@@H]3C(=O)N(c4cccc5ccccc45)C(=O)[C@@H]3[C@@H]12. The zero-order chi connectivity index (χ0) is 28.8. The molecule has 7 heteroatoms. The number of benzene rings is 5. The first kappa shape index (κ1) is 24.2. The van der Waals surface area contributed by atoms with Gasteiger partial charge in [0.25, 0.3) is 0 Å². The van der Waals surface area contributed by atoms with Gasteiger partial charge in [0, 0.05) is 16.9 Å². The molecule has 1 fully saturated rings. The Morgan fingerprint density at radius 3 is 2.21 bits per heavy atom. The predicted octanol–water partition coefficient (Wildman–Crippen LogP) is 6.24. The Labute approximate surface area is 245 Å². The van der Waals surface area contributed by atoms with E-state index in [1.54, 1.807) is 12.1 Å². The molecule has 5 aromatic carbocycles. The standard InChI is InChI=1S/C36H23NO6/c38-34-31-24(21-13-14-27-29(16-21)42-18-41-27)17-25-30-23-10-4-2-7-20(23)12-15-28(30)43-36(40)32(25)33(31)35(39)37(34)26-11-5-8-19-6-1-3-9-22(19)26/h1-17,24,31-33H,18H2/t24-,31+,32+,33+/m1/s1. The topological polar surface area (TPSA) is 82.1 Å². The quantitative estimate of drug-likeness (QED) is 0.143. The van der Waals surface area contributed by atoms with Gasteiger partial charge in [-0.05, 0) is 51.6 Å². The second-order valence-corrected chi connectivity index (χ2v) is 11.4. The van der Waals surface area contributed by atoms with Gasteiger partial charge in [0.1, 0.15) is 5.75 Å². The van der Waals surface area contributed by atoms with Crippen molar-refractivity contribution in [2.45, 2.75) is 5.92 Å². The number of amides is 2. The number of fused-ring (bicyclic) bond motifs is 9. The first-order valence-corrected chi connectivity index (χ1v) is 14.3. The second kappa shape index (κ2) is 8.79. The number of allylic oxidation sites excluding steroid dienone is 1. The maximum Gasteiger partial charge on any atom is 0.319 e. The molecule has 9 rings (SSSR count). The maximum atomic E-state index is 14.6. The van der Waals surface area contributed by atoms with E-state index in [1.807, 2.05) is 91.0 Å². The van der Waals surface area contributed by atoms with Crippen molar-refractivity contribution in [1.29, 1.82) is 0 Å². The van der Waals surface area contributed by atoms with Gasteiger partial charge in [0.05, 0.1) is 23.4 Å². The fraction of sp³-hybridized carbons (Fsp3) is 0.139. The number of hydrogen-bond acceptors (Lipinski definition) is 6. The smallest absolute Gasteiger partial charge is 0.319 e. The van der Waals surface area contributed by atoms with Gasteiger partial charge in [-0.1, -0.05) is 78.9 Å². The van der Waals surface area contributed by atoms with Gasteiger partial charge in [-0.15, -0.1) is 0 Å². The van der Waals surface area contributed by atoms with E-state index in [4.69, 9.17) is 14.2 Å². The van der Waals surface area contributed by atoms with Crippen LogP contribution >= 0.6 is 0 Å². The van der Waals surface area contributed by atoms with Crippen molar-refractivity contribution >= 4 is 50.6 Å². The molecule has 0 radical (unpaired) electrons. The van der Waals surface area contributed by atoms with Gasteiger partial charge in [0.2, 0.25) is 18.6 Å². The maximum absolute atomic E-state index is 14.6. The number of anilines is 1. The van der Waals surface area contributed by atoms with Gasteiger partial charge in [-0.2, -0.15) is 0 Å². The monoisotopic (exact) mass is 565 g/mol. The number of imide groups is 1. The summed E-state index contributed by atoms with van der Waals surface area (Å²) in [4.78, 5) is 44.2. The Kier molecular flexibility index (Phi) is 4.94. The molecule has 2 amide bonds. The summed E-state index contributed by atoms with van der Waals surface area (Å²) in [7, 11) is 0. The van der Waals surface area contributed by atoms with Crippen molar-refractivity contribution in [3.63, 3.8) is 0 Å². The van der Waals surface area contributed by atoms with Crippen LogP contribution in [-0.4, -0.2) is 24.6 Å². The van der Waals surface area contributed by atoms with Crippen molar-refractivity contribution in [3.8, 4) is 17.2 Å². The Balaban J connectivity index is 1.28. The van der Waals surface area contributed by atoms with Crippen molar-refractivity contribution < 1.29 is 28.6 Å². The molecule has 4 aliphatic rings. The molecule has 5 aromatic rings. The van der Waals surface area contributed by atoms with E-state index in [9.17, 15) is 14.4 Å². The lowest BCUT2D eigenvalue weighted by atomic mass is 9.64. The van der Waals surface area contributed by atoms with Gasteiger partial charge < -0.3 is 14.2 Å². The Morgan fingerprint density at radius 1 is 0.651 bits per heavy atom. The second-order valence-electron chi connectivity index (χ2n) is 11.4. The van der Waals surface area contributed by atoms with Crippen LogP contribution in [0.5, 0.6) is 17.2 Å². The zero-order valence-electron chi connectivity index (χ0n) is 22.7. The van der Waals surface area contributed by atoms with Crippen LogP contribution in [0.15, 0.2) is 103 Å². The van der Waals surface area contributed by atoms with Crippen LogP contribution in [0.25, 0.3) is 27.1 Å². The van der Waals surface area contributed by atoms with Crippen molar-refractivity contribution in [2.24, 2.45) is 17.8 Å². The first-order valence-electron chi connectivity index (χ1n) is 14.3. The molecule has 0 unspecified atom stereocenters. The largest absolute Gasteiger partial charge is 0.454 e. The average molecular weight is 566 g/mol. The highest BCUT2D eigenvalue weighted by Gasteiger charge is 2.60. The number of rotatable bonds is 2. The number of nitrogens with zero attached hydrogens (tertiary/aromatic N) is 1. The van der Waals surface area contributed by atoms with Crippen molar-refractivity contribution in [3.05, 3.63) is 114 Å². The molecule has 43 heavy (non-hydrogen) atoms. The van der Waals surface area contributed by atoms with Crippen molar-refractivity contribution in [1.82, 2.24) is 0 Å². The van der Waals surface area contributed by atoms with Crippen LogP contribution in [0.3, 0.4) is 0 Å². The average Bonchev–Trinajstić information content (AvgIpc) is 3.61. The molecule has 7 nitrogen and oxygen atoms in total. The summed E-state index contributed by atoms with van der Waals surface area (Å²) in [6, 6.07) is 30.5. The molecule has 0 spiro atoms. The van der Waals surface area contributed by atoms with Gasteiger partial charge in [-0.25, -0.2) is 4.90 Å². The van der Waals surface area contributed by atoms with E-state index in [0.717, 1.165) is 32.7 Å². The summed E-state index contributed by atoms with van der Waals surface area (Å²) in [5.41, 5.74) is 2.83. The third-order valence-corrected chi connectivity index (χ3v) is 9.27. The molecular weight excluding hydrogens is 542 g/mol. The highest BCUT2D eigenvalue weighted by Crippen LogP contribution is 2.56. The molecule has 208 valence electrons. The lowest BCUT2D eigenvalue weighted by molar-refractivity contribution is -0.142. The third-order valence-electron chi connectivity index (χ3n) is 9.27. The van der Waals surface area contributed by atoms with Crippen LogP contribution in [0.1, 0.15) is 17.0 Å². The number of hydrogen-bond donors (Lipinski definition) is 0. The van der Waals surface area contributed by atoms with Crippen LogP contribution in [0, 0.1) is 17.8 Å². The first-order chi connectivity index (χ1) is 21.1. The number of carbonyl (C=O) groups excluding carboxylic acids is 3. The Bertz CT molecular complexity index is 2090. The zero-order valence-corrected chi connectivity index (χ0v) is 22.7. The molecule has 3 aliphatic heterocycles. The lowest BCUT2D eigenvalue weighted by Crippen LogP contribution is -2.42. The lowest BCUT2D eigenvalue weighted by Gasteiger charge is -2.38. The fourth-order valence-electron chi connectivity index (χ4n) is 7.42. The summed E-state index contributed by atoms with van der Waals surface area (Å²) >= 11 is 0. The van der Waals surface area contributed by atoms with E-state index in [0.29, 0.717) is 28.5 Å². The van der Waals surface area contributed by atoms with E-state index in [1.165, 1.54) is 4.90 Å². The van der Waals surface area contributed by atoms with Gasteiger partial charge in [0.15, 0.2) is 11.5 Å². The summed E-state index contributed by atoms with van der Waals surface area (Å²) in [5, 5.41) is 3.63. The molecule has 0 aromatic heterocycles. The summed E-state index contributed by atoms with van der Waals surface area (Å²) in [6.07, 6.45) is 2.01. The highest BCUT2D eigenvalue weighted by atomic mass is 16.7. The minimum atomic E-state index is -0.943. The number of ether oxygens (including phenoxy) is 3. The van der Waals surface area contributed by atoms with Crippen LogP contribution in [0.4, 0.5) is 5.69 Å².